The number of hydrogen-bond donors (Lipinski definition) is 3. The average Bonchev–Trinajstić information content (AvgIpc) is 2.76. The molecule has 0 amide bonds. The van der Waals surface area contributed by atoms with E-state index in [2.05, 4.69) is 12.2 Å². The molecule has 6 rings (SSSR count). The molecular formula is C26H49N3O+2. The van der Waals surface area contributed by atoms with Crippen LogP contribution in [0.25, 0.3) is 0 Å². The molecule has 7 N–H and O–H groups in total. The fraction of sp³-hybridized carbons (Fsp3) is 1.00. The van der Waals surface area contributed by atoms with Crippen LogP contribution in [-0.2, 0) is 4.74 Å². The second-order valence-electron chi connectivity index (χ2n) is 12.3. The van der Waals surface area contributed by atoms with E-state index in [9.17, 15) is 0 Å². The highest BCUT2D eigenvalue weighted by Gasteiger charge is 2.62. The van der Waals surface area contributed by atoms with Gasteiger partial charge in [0.25, 0.3) is 0 Å². The molecule has 0 spiro atoms. The summed E-state index contributed by atoms with van der Waals surface area (Å²) in [5.41, 5.74) is 11.1. The second-order valence-corrected chi connectivity index (χ2v) is 12.3. The summed E-state index contributed by atoms with van der Waals surface area (Å²) in [5, 5.41) is 2.39. The van der Waals surface area contributed by atoms with E-state index in [4.69, 9.17) is 16.2 Å². The van der Waals surface area contributed by atoms with Crippen LogP contribution in [0.15, 0.2) is 0 Å². The van der Waals surface area contributed by atoms with Gasteiger partial charge in [0, 0.05) is 24.7 Å². The predicted molar refractivity (Wildman–Crippen MR) is 120 cm³/mol. The van der Waals surface area contributed by atoms with Crippen LogP contribution in [0.3, 0.4) is 0 Å². The van der Waals surface area contributed by atoms with Crippen molar-refractivity contribution in [3.05, 3.63) is 0 Å². The summed E-state index contributed by atoms with van der Waals surface area (Å²) in [4.78, 5) is 0. The third kappa shape index (κ3) is 4.00. The second kappa shape index (κ2) is 8.65. The molecule has 0 aromatic rings. The molecule has 3 saturated heterocycles. The van der Waals surface area contributed by atoms with Crippen molar-refractivity contribution in [2.75, 3.05) is 6.54 Å². The van der Waals surface area contributed by atoms with Gasteiger partial charge in [-0.1, -0.05) is 32.1 Å². The van der Waals surface area contributed by atoms with Crippen LogP contribution in [0, 0.1) is 29.6 Å². The van der Waals surface area contributed by atoms with E-state index in [1.165, 1.54) is 103 Å². The number of fused-ring (bicyclic) bond motifs is 3. The molecule has 3 heterocycles. The van der Waals surface area contributed by atoms with Gasteiger partial charge in [0.05, 0.1) is 23.8 Å². The van der Waals surface area contributed by atoms with E-state index >= 15 is 0 Å². The number of quaternary nitrogens is 2. The predicted octanol–water partition coefficient (Wildman–Crippen LogP) is 2.96. The van der Waals surface area contributed by atoms with Gasteiger partial charge in [0.2, 0.25) is 0 Å². The van der Waals surface area contributed by atoms with Crippen molar-refractivity contribution in [1.29, 1.82) is 0 Å². The van der Waals surface area contributed by atoms with Gasteiger partial charge in [-0.05, 0) is 76.0 Å². The first-order valence-corrected chi connectivity index (χ1v) is 13.6. The highest BCUT2D eigenvalue weighted by Crippen LogP contribution is 2.58. The first-order valence-electron chi connectivity index (χ1n) is 13.6. The van der Waals surface area contributed by atoms with Crippen LogP contribution in [0.5, 0.6) is 0 Å². The van der Waals surface area contributed by atoms with Crippen molar-refractivity contribution < 1.29 is 15.8 Å². The zero-order valence-corrected chi connectivity index (χ0v) is 19.6. The molecule has 8 atom stereocenters. The lowest BCUT2D eigenvalue weighted by molar-refractivity contribution is -0.703. The van der Waals surface area contributed by atoms with Crippen molar-refractivity contribution >= 4 is 0 Å². The van der Waals surface area contributed by atoms with E-state index < -0.39 is 0 Å². The van der Waals surface area contributed by atoms with E-state index in [-0.39, 0.29) is 11.2 Å². The van der Waals surface area contributed by atoms with Crippen LogP contribution >= 0.6 is 0 Å². The third-order valence-electron chi connectivity index (χ3n) is 10.5. The maximum atomic E-state index is 7.40. The molecule has 0 aromatic carbocycles. The van der Waals surface area contributed by atoms with Gasteiger partial charge >= 0.3 is 0 Å². The molecule has 4 heteroatoms. The summed E-state index contributed by atoms with van der Waals surface area (Å²) in [6.07, 6.45) is 21.0. The van der Waals surface area contributed by atoms with Gasteiger partial charge in [-0.25, -0.2) is 0 Å². The average molecular weight is 420 g/mol. The van der Waals surface area contributed by atoms with Gasteiger partial charge in [-0.15, -0.1) is 0 Å². The summed E-state index contributed by atoms with van der Waals surface area (Å²) in [5.74, 6) is 4.06. The fourth-order valence-corrected chi connectivity index (χ4v) is 8.90. The number of piperidine rings is 1. The first kappa shape index (κ1) is 21.7. The van der Waals surface area contributed by atoms with Gasteiger partial charge < -0.3 is 15.8 Å². The standard InChI is InChI=1S/C26H47N3O/c1-25(20-7-3-2-4-8-20)22-12-13-26(30-25,16-23(22)27)21-9-5-6-18(15-21)14-19-10-11-24(28)29-17-19/h18-24,29H,2-17,27-28H2,1H3/p+2/t18-,19?,21-,22+,23+,24?,25+,26+/m1/s1. The Morgan fingerprint density at radius 2 is 1.73 bits per heavy atom. The topological polar surface area (TPSA) is 79.5 Å². The Hall–Kier alpha value is -0.160. The maximum absolute atomic E-state index is 7.40. The van der Waals surface area contributed by atoms with Crippen molar-refractivity contribution in [3.63, 3.8) is 0 Å². The lowest BCUT2D eigenvalue weighted by Crippen LogP contribution is -2.95. The minimum atomic E-state index is 0.102. The molecule has 2 unspecified atom stereocenters. The SMILES string of the molecule is C[C@@]1(C2CCCCC2)O[C@@]2([C@@H]3CCC[C@H](CC4CCC(N)[NH2+]C4)C3)CC[C@H]1[C@@H]([NH3+])C2. The lowest BCUT2D eigenvalue weighted by Gasteiger charge is -2.63. The van der Waals surface area contributed by atoms with Crippen LogP contribution in [0.1, 0.15) is 103 Å². The largest absolute Gasteiger partial charge is 0.367 e. The van der Waals surface area contributed by atoms with Crippen molar-refractivity contribution in [2.45, 2.75) is 127 Å². The third-order valence-corrected chi connectivity index (χ3v) is 10.5. The molecule has 6 fully saturated rings. The van der Waals surface area contributed by atoms with Crippen LogP contribution in [0.2, 0.25) is 0 Å². The molecule has 0 radical (unpaired) electrons. The zero-order valence-electron chi connectivity index (χ0n) is 19.6. The summed E-state index contributed by atoms with van der Waals surface area (Å²) in [6, 6.07) is 0.606. The molecule has 0 aromatic heterocycles. The summed E-state index contributed by atoms with van der Waals surface area (Å²) < 4.78 is 7.40. The number of nitrogens with two attached hydrogens (primary N) is 2. The Morgan fingerprint density at radius 1 is 0.933 bits per heavy atom. The first-order chi connectivity index (χ1) is 14.5. The molecule has 3 aliphatic heterocycles. The highest BCUT2D eigenvalue weighted by molar-refractivity contribution is 5.10. The Bertz CT molecular complexity index is 585. The van der Waals surface area contributed by atoms with E-state index in [0.29, 0.717) is 18.1 Å². The number of rotatable bonds is 4. The van der Waals surface area contributed by atoms with Gasteiger partial charge in [-0.2, -0.15) is 0 Å². The Balaban J connectivity index is 1.28. The van der Waals surface area contributed by atoms with Crippen LogP contribution in [-0.4, -0.2) is 30.0 Å². The normalized spacial score (nSPS) is 50.5. The molecular weight excluding hydrogens is 370 g/mol. The van der Waals surface area contributed by atoms with Crippen molar-refractivity contribution in [3.8, 4) is 0 Å². The minimum absolute atomic E-state index is 0.102. The van der Waals surface area contributed by atoms with E-state index in [1.54, 1.807) is 0 Å². The van der Waals surface area contributed by atoms with Gasteiger partial charge in [0.1, 0.15) is 6.17 Å². The highest BCUT2D eigenvalue weighted by atomic mass is 16.5. The van der Waals surface area contributed by atoms with Crippen LogP contribution < -0.4 is 16.8 Å². The molecule has 3 saturated carbocycles. The fourth-order valence-electron chi connectivity index (χ4n) is 8.90. The summed E-state index contributed by atoms with van der Waals surface area (Å²) in [6.45, 7) is 3.77. The van der Waals surface area contributed by atoms with Crippen LogP contribution in [0.4, 0.5) is 0 Å². The summed E-state index contributed by atoms with van der Waals surface area (Å²) >= 11 is 0. The molecule has 3 aliphatic carbocycles. The number of hydrogen-bond acceptors (Lipinski definition) is 2. The smallest absolute Gasteiger partial charge is 0.137 e. The molecule has 172 valence electrons. The van der Waals surface area contributed by atoms with E-state index in [1.807, 2.05) is 0 Å². The number of ether oxygens (including phenoxy) is 1. The minimum Gasteiger partial charge on any atom is -0.367 e. The van der Waals surface area contributed by atoms with Gasteiger partial charge in [-0.3, -0.25) is 5.73 Å². The summed E-state index contributed by atoms with van der Waals surface area (Å²) in [7, 11) is 0. The quantitative estimate of drug-likeness (QED) is 0.655. The lowest BCUT2D eigenvalue weighted by atomic mass is 9.55. The molecule has 2 bridgehead atoms. The van der Waals surface area contributed by atoms with Crippen molar-refractivity contribution in [2.24, 2.45) is 35.3 Å². The molecule has 4 nitrogen and oxygen atoms in total. The van der Waals surface area contributed by atoms with E-state index in [0.717, 1.165) is 23.7 Å². The van der Waals surface area contributed by atoms with Gasteiger partial charge in [0.15, 0.2) is 0 Å². The Labute approximate surface area is 184 Å². The zero-order chi connectivity index (χ0) is 20.8. The Kier molecular flexibility index (Phi) is 6.25. The monoisotopic (exact) mass is 419 g/mol. The maximum Gasteiger partial charge on any atom is 0.137 e. The molecule has 30 heavy (non-hydrogen) atoms. The Morgan fingerprint density at radius 3 is 2.47 bits per heavy atom. The molecule has 6 aliphatic rings. The van der Waals surface area contributed by atoms with Crippen molar-refractivity contribution in [1.82, 2.24) is 0 Å².